The summed E-state index contributed by atoms with van der Waals surface area (Å²) in [5, 5.41) is 3.72. The molecule has 4 aromatic rings. The van der Waals surface area contributed by atoms with E-state index in [9.17, 15) is 4.79 Å². The fraction of sp³-hybridized carbons (Fsp3) is 0.217. The van der Waals surface area contributed by atoms with Crippen LogP contribution in [0.4, 0.5) is 11.4 Å². The molecular formula is C23H19Cl2N3O3. The number of fused-ring (bicyclic) bond motifs is 2. The number of amides is 1. The van der Waals surface area contributed by atoms with Gasteiger partial charge in [-0.2, -0.15) is 0 Å². The Balaban J connectivity index is 1.59. The van der Waals surface area contributed by atoms with Gasteiger partial charge in [0.05, 0.1) is 34.5 Å². The van der Waals surface area contributed by atoms with Crippen LogP contribution in [0.2, 0.25) is 10.0 Å². The van der Waals surface area contributed by atoms with E-state index in [4.69, 9.17) is 32.4 Å². The van der Waals surface area contributed by atoms with Crippen molar-refractivity contribution in [1.82, 2.24) is 4.98 Å². The summed E-state index contributed by atoms with van der Waals surface area (Å²) < 4.78 is 11.6. The first-order chi connectivity index (χ1) is 15.0. The molecule has 1 saturated heterocycles. The quantitative estimate of drug-likeness (QED) is 0.431. The van der Waals surface area contributed by atoms with Crippen LogP contribution < -0.4 is 10.2 Å². The minimum absolute atomic E-state index is 0.273. The highest BCUT2D eigenvalue weighted by Gasteiger charge is 2.30. The first kappa shape index (κ1) is 20.1. The number of nitrogens with one attached hydrogen (secondary N) is 1. The average Bonchev–Trinajstić information content (AvgIpc) is 3.36. The lowest BCUT2D eigenvalue weighted by molar-refractivity contribution is 0.102. The Morgan fingerprint density at radius 3 is 2.65 bits per heavy atom. The van der Waals surface area contributed by atoms with Gasteiger partial charge < -0.3 is 19.4 Å². The summed E-state index contributed by atoms with van der Waals surface area (Å²) in [4.78, 5) is 19.8. The third-order valence-corrected chi connectivity index (χ3v) is 6.12. The molecule has 2 bridgehead atoms. The third kappa shape index (κ3) is 3.71. The van der Waals surface area contributed by atoms with E-state index in [2.05, 4.69) is 15.2 Å². The van der Waals surface area contributed by atoms with Gasteiger partial charge in [0.25, 0.3) is 5.91 Å². The highest BCUT2D eigenvalue weighted by atomic mass is 35.5. The van der Waals surface area contributed by atoms with E-state index in [1.165, 1.54) is 0 Å². The van der Waals surface area contributed by atoms with Gasteiger partial charge in [-0.05, 0) is 42.8 Å². The van der Waals surface area contributed by atoms with Crippen LogP contribution in [0.15, 0.2) is 47.0 Å². The molecule has 0 unspecified atom stereocenters. The molecule has 0 spiro atoms. The van der Waals surface area contributed by atoms with Crippen molar-refractivity contribution < 1.29 is 13.9 Å². The number of carbonyl (C=O) groups is 1. The number of furan rings is 2. The topological polar surface area (TPSA) is 67.6 Å². The van der Waals surface area contributed by atoms with Gasteiger partial charge >= 0.3 is 0 Å². The minimum Gasteiger partial charge on any atom is -0.454 e. The molecule has 0 radical (unpaired) electrons. The number of aromatic nitrogens is 1. The number of pyridine rings is 1. The number of carbonyl (C=O) groups excluding carboxylic acids is 1. The number of nitrogens with zero attached hydrogens (tertiary/aromatic N) is 2. The fourth-order valence-corrected chi connectivity index (χ4v) is 4.23. The molecule has 1 fully saturated rings. The van der Waals surface area contributed by atoms with Gasteiger partial charge in [-0.15, -0.1) is 0 Å². The van der Waals surface area contributed by atoms with Crippen molar-refractivity contribution in [3.05, 3.63) is 63.9 Å². The van der Waals surface area contributed by atoms with Crippen LogP contribution in [0.3, 0.4) is 0 Å². The van der Waals surface area contributed by atoms with Crippen molar-refractivity contribution in [2.24, 2.45) is 0 Å². The second-order valence-corrected chi connectivity index (χ2v) is 8.26. The zero-order chi connectivity index (χ0) is 21.5. The summed E-state index contributed by atoms with van der Waals surface area (Å²) >= 11 is 12.1. The van der Waals surface area contributed by atoms with Crippen LogP contribution >= 0.6 is 23.2 Å². The Labute approximate surface area is 189 Å². The molecule has 0 atom stereocenters. The number of benzene rings is 2. The Bertz CT molecular complexity index is 1260. The summed E-state index contributed by atoms with van der Waals surface area (Å²) in [5.74, 6) is -0.273. The van der Waals surface area contributed by atoms with Crippen molar-refractivity contribution in [3.8, 4) is 11.1 Å². The Morgan fingerprint density at radius 2 is 1.90 bits per heavy atom. The maximum atomic E-state index is 13.3. The first-order valence-corrected chi connectivity index (χ1v) is 10.7. The number of ether oxygens (including phenoxy) is 1. The predicted octanol–water partition coefficient (Wildman–Crippen LogP) is 5.64. The molecule has 4 heterocycles. The summed E-state index contributed by atoms with van der Waals surface area (Å²) in [6.45, 7) is 4.80. The Kier molecular flexibility index (Phi) is 5.22. The van der Waals surface area contributed by atoms with E-state index in [-0.39, 0.29) is 5.91 Å². The highest BCUT2D eigenvalue weighted by molar-refractivity contribution is 6.42. The largest absolute Gasteiger partial charge is 0.454 e. The van der Waals surface area contributed by atoms with E-state index in [1.54, 1.807) is 24.4 Å². The lowest BCUT2D eigenvalue weighted by Crippen LogP contribution is -2.36. The second-order valence-electron chi connectivity index (χ2n) is 7.44. The average molecular weight is 456 g/mol. The molecule has 31 heavy (non-hydrogen) atoms. The van der Waals surface area contributed by atoms with Crippen LogP contribution in [0.5, 0.6) is 0 Å². The highest BCUT2D eigenvalue weighted by Crippen LogP contribution is 2.44. The van der Waals surface area contributed by atoms with Gasteiger partial charge in [0.15, 0.2) is 5.58 Å². The number of hydrogen-bond acceptors (Lipinski definition) is 5. The van der Waals surface area contributed by atoms with Gasteiger partial charge in [0, 0.05) is 42.3 Å². The van der Waals surface area contributed by atoms with E-state index in [1.807, 2.05) is 25.1 Å². The molecular weight excluding hydrogens is 437 g/mol. The summed E-state index contributed by atoms with van der Waals surface area (Å²) in [5.41, 5.74) is 5.78. The van der Waals surface area contributed by atoms with Crippen LogP contribution in [0, 0.1) is 6.92 Å². The van der Waals surface area contributed by atoms with Crippen LogP contribution in [0.1, 0.15) is 16.1 Å². The maximum Gasteiger partial charge on any atom is 0.260 e. The predicted molar refractivity (Wildman–Crippen MR) is 123 cm³/mol. The molecule has 1 N–H and O–H groups in total. The fourth-order valence-electron chi connectivity index (χ4n) is 3.93. The number of aryl methyl sites for hydroxylation is 1. The van der Waals surface area contributed by atoms with Gasteiger partial charge in [-0.1, -0.05) is 23.2 Å². The van der Waals surface area contributed by atoms with E-state index < -0.39 is 0 Å². The normalized spacial score (nSPS) is 14.4. The van der Waals surface area contributed by atoms with Gasteiger partial charge in [-0.25, -0.2) is 0 Å². The summed E-state index contributed by atoms with van der Waals surface area (Å²) in [7, 11) is 0. The SMILES string of the molecule is Cc1cc(-c2c(C(=O)Nc3ccc(Cl)c(Cl)c3)c3cc(N4CCOCC4)c2o3)ccn1. The van der Waals surface area contributed by atoms with Crippen LogP contribution in [0.25, 0.3) is 22.3 Å². The molecule has 0 aliphatic carbocycles. The van der Waals surface area contributed by atoms with Gasteiger partial charge in [0.2, 0.25) is 0 Å². The van der Waals surface area contributed by atoms with Crippen molar-refractivity contribution in [2.45, 2.75) is 6.92 Å². The summed E-state index contributed by atoms with van der Waals surface area (Å²) in [6.07, 6.45) is 1.74. The van der Waals surface area contributed by atoms with Crippen molar-refractivity contribution in [3.63, 3.8) is 0 Å². The monoisotopic (exact) mass is 455 g/mol. The van der Waals surface area contributed by atoms with Crippen molar-refractivity contribution in [2.75, 3.05) is 36.5 Å². The number of morpholine rings is 1. The molecule has 1 amide bonds. The smallest absolute Gasteiger partial charge is 0.260 e. The van der Waals surface area contributed by atoms with Crippen LogP contribution in [-0.4, -0.2) is 37.2 Å². The number of anilines is 2. The van der Waals surface area contributed by atoms with Crippen molar-refractivity contribution in [1.29, 1.82) is 0 Å². The molecule has 0 saturated carbocycles. The molecule has 5 rings (SSSR count). The zero-order valence-electron chi connectivity index (χ0n) is 16.7. The van der Waals surface area contributed by atoms with Gasteiger partial charge in [-0.3, -0.25) is 9.78 Å². The first-order valence-electron chi connectivity index (χ1n) is 9.92. The molecule has 158 valence electrons. The molecule has 6 nitrogen and oxygen atoms in total. The maximum absolute atomic E-state index is 13.3. The molecule has 1 aliphatic rings. The minimum atomic E-state index is -0.273. The zero-order valence-corrected chi connectivity index (χ0v) is 18.3. The van der Waals surface area contributed by atoms with Crippen molar-refractivity contribution >= 4 is 51.6 Å². The lowest BCUT2D eigenvalue weighted by atomic mass is 9.98. The van der Waals surface area contributed by atoms with E-state index in [0.717, 1.165) is 35.6 Å². The standard InChI is InChI=1S/C23H19Cl2N3O3/c1-13-10-14(4-5-26-13)20-21(23(29)27-15-2-3-16(24)17(25)11-15)19-12-18(22(20)31-19)28-6-8-30-9-7-28/h2-5,10-12H,6-9H2,1H3,(H,27,29). The Hall–Kier alpha value is -2.80. The third-order valence-electron chi connectivity index (χ3n) is 5.38. The van der Waals surface area contributed by atoms with Gasteiger partial charge in [0.1, 0.15) is 5.58 Å². The Morgan fingerprint density at radius 1 is 1.10 bits per heavy atom. The number of hydrogen-bond donors (Lipinski definition) is 1. The number of halogens is 2. The molecule has 3 aromatic heterocycles. The summed E-state index contributed by atoms with van der Waals surface area (Å²) in [6, 6.07) is 10.8. The lowest BCUT2D eigenvalue weighted by Gasteiger charge is -2.28. The second kappa shape index (κ2) is 8.04. The van der Waals surface area contributed by atoms with Crippen LogP contribution in [-0.2, 0) is 4.74 Å². The number of rotatable bonds is 4. The van der Waals surface area contributed by atoms with E-state index in [0.29, 0.717) is 45.7 Å². The van der Waals surface area contributed by atoms with E-state index >= 15 is 0 Å². The molecule has 1 aliphatic heterocycles. The molecule has 8 heteroatoms. The molecule has 1 aromatic carbocycles.